The van der Waals surface area contributed by atoms with Crippen LogP contribution in [0, 0.1) is 6.92 Å². The fourth-order valence-electron chi connectivity index (χ4n) is 2.10. The Morgan fingerprint density at radius 3 is 2.95 bits per heavy atom. The first-order chi connectivity index (χ1) is 9.65. The lowest BCUT2D eigenvalue weighted by molar-refractivity contribution is 0.309. The first-order valence-electron chi connectivity index (χ1n) is 6.25. The van der Waals surface area contributed by atoms with Crippen LogP contribution in [-0.4, -0.2) is 9.38 Å². The first-order valence-corrected chi connectivity index (χ1v) is 6.63. The zero-order chi connectivity index (χ0) is 14.1. The van der Waals surface area contributed by atoms with Crippen molar-refractivity contribution in [2.24, 2.45) is 0 Å². The van der Waals surface area contributed by atoms with Crippen molar-refractivity contribution in [2.75, 3.05) is 5.73 Å². The molecule has 2 heterocycles. The van der Waals surface area contributed by atoms with Crippen molar-refractivity contribution in [1.82, 2.24) is 9.38 Å². The number of rotatable bonds is 3. The highest BCUT2D eigenvalue weighted by atomic mass is 35.5. The van der Waals surface area contributed by atoms with Gasteiger partial charge >= 0.3 is 0 Å². The molecule has 5 heteroatoms. The SMILES string of the molecule is Cc1cn2cccc(OCc3c(N)cccc3Cl)c2n1. The van der Waals surface area contributed by atoms with Crippen LogP contribution in [0.25, 0.3) is 5.65 Å². The van der Waals surface area contributed by atoms with Crippen LogP contribution in [-0.2, 0) is 6.61 Å². The maximum Gasteiger partial charge on any atom is 0.179 e. The first kappa shape index (κ1) is 12.8. The van der Waals surface area contributed by atoms with Gasteiger partial charge in [-0.25, -0.2) is 4.98 Å². The number of hydrogen-bond donors (Lipinski definition) is 1. The molecule has 0 aliphatic carbocycles. The number of benzene rings is 1. The number of imidazole rings is 1. The van der Waals surface area contributed by atoms with E-state index in [0.29, 0.717) is 23.1 Å². The summed E-state index contributed by atoms with van der Waals surface area (Å²) in [7, 11) is 0. The third-order valence-electron chi connectivity index (χ3n) is 3.09. The van der Waals surface area contributed by atoms with E-state index in [4.69, 9.17) is 22.1 Å². The van der Waals surface area contributed by atoms with Gasteiger partial charge in [-0.05, 0) is 31.2 Å². The van der Waals surface area contributed by atoms with Crippen LogP contribution >= 0.6 is 11.6 Å². The Balaban J connectivity index is 1.91. The summed E-state index contributed by atoms with van der Waals surface area (Å²) in [5, 5.41) is 0.608. The smallest absolute Gasteiger partial charge is 0.179 e. The van der Waals surface area contributed by atoms with Crippen molar-refractivity contribution in [1.29, 1.82) is 0 Å². The zero-order valence-electron chi connectivity index (χ0n) is 11.0. The number of ether oxygens (including phenoxy) is 1. The minimum absolute atomic E-state index is 0.317. The van der Waals surface area contributed by atoms with Gasteiger partial charge in [-0.1, -0.05) is 17.7 Å². The number of halogens is 1. The molecule has 0 fully saturated rings. The lowest BCUT2D eigenvalue weighted by atomic mass is 10.2. The normalized spacial score (nSPS) is 10.9. The molecule has 2 aromatic heterocycles. The predicted octanol–water partition coefficient (Wildman–Crippen LogP) is 3.46. The van der Waals surface area contributed by atoms with Gasteiger partial charge in [0, 0.05) is 28.7 Å². The molecule has 0 bridgehead atoms. The number of nitrogens with zero attached hydrogens (tertiary/aromatic N) is 2. The quantitative estimate of drug-likeness (QED) is 0.751. The maximum atomic E-state index is 6.14. The molecular formula is C15H14ClN3O. The molecule has 20 heavy (non-hydrogen) atoms. The van der Waals surface area contributed by atoms with Gasteiger partial charge < -0.3 is 14.9 Å². The van der Waals surface area contributed by atoms with Crippen molar-refractivity contribution < 1.29 is 4.74 Å². The zero-order valence-corrected chi connectivity index (χ0v) is 11.8. The Kier molecular flexibility index (Phi) is 3.24. The topological polar surface area (TPSA) is 52.5 Å². The van der Waals surface area contributed by atoms with Crippen LogP contribution in [0.15, 0.2) is 42.7 Å². The Morgan fingerprint density at radius 2 is 2.15 bits per heavy atom. The van der Waals surface area contributed by atoms with Gasteiger partial charge in [0.2, 0.25) is 0 Å². The summed E-state index contributed by atoms with van der Waals surface area (Å²) in [4.78, 5) is 4.44. The number of aromatic nitrogens is 2. The third-order valence-corrected chi connectivity index (χ3v) is 3.45. The van der Waals surface area contributed by atoms with Gasteiger partial charge in [-0.3, -0.25) is 0 Å². The number of pyridine rings is 1. The molecule has 0 spiro atoms. The second-order valence-corrected chi connectivity index (χ2v) is 4.99. The highest BCUT2D eigenvalue weighted by molar-refractivity contribution is 6.31. The van der Waals surface area contributed by atoms with Crippen molar-refractivity contribution in [3.8, 4) is 5.75 Å². The lowest BCUT2D eigenvalue weighted by Gasteiger charge is -2.10. The van der Waals surface area contributed by atoms with Crippen molar-refractivity contribution in [3.05, 3.63) is 59.0 Å². The van der Waals surface area contributed by atoms with Crippen molar-refractivity contribution in [3.63, 3.8) is 0 Å². The fraction of sp³-hybridized carbons (Fsp3) is 0.133. The number of nitrogen functional groups attached to an aromatic ring is 1. The summed E-state index contributed by atoms with van der Waals surface area (Å²) >= 11 is 6.14. The second-order valence-electron chi connectivity index (χ2n) is 4.58. The Hall–Kier alpha value is -2.20. The summed E-state index contributed by atoms with van der Waals surface area (Å²) < 4.78 is 7.76. The molecule has 2 N–H and O–H groups in total. The average molecular weight is 288 g/mol. The van der Waals surface area contributed by atoms with Gasteiger partial charge in [0.1, 0.15) is 6.61 Å². The predicted molar refractivity (Wildman–Crippen MR) is 80.1 cm³/mol. The van der Waals surface area contributed by atoms with Gasteiger partial charge in [0.15, 0.2) is 11.4 Å². The number of hydrogen-bond acceptors (Lipinski definition) is 3. The van der Waals surface area contributed by atoms with Gasteiger partial charge in [0.05, 0.1) is 5.69 Å². The van der Waals surface area contributed by atoms with Crippen LogP contribution in [0.5, 0.6) is 5.75 Å². The molecule has 0 saturated carbocycles. The van der Waals surface area contributed by atoms with E-state index in [1.807, 2.05) is 48.0 Å². The second kappa shape index (κ2) is 5.06. The van der Waals surface area contributed by atoms with Crippen LogP contribution < -0.4 is 10.5 Å². The van der Waals surface area contributed by atoms with E-state index in [1.165, 1.54) is 0 Å². The van der Waals surface area contributed by atoms with Gasteiger partial charge in [-0.2, -0.15) is 0 Å². The minimum Gasteiger partial charge on any atom is -0.485 e. The van der Waals surface area contributed by atoms with Gasteiger partial charge in [-0.15, -0.1) is 0 Å². The van der Waals surface area contributed by atoms with Crippen molar-refractivity contribution >= 4 is 22.9 Å². The third kappa shape index (κ3) is 2.30. The van der Waals surface area contributed by atoms with E-state index in [0.717, 1.165) is 16.9 Å². The highest BCUT2D eigenvalue weighted by Crippen LogP contribution is 2.25. The maximum absolute atomic E-state index is 6.14. The van der Waals surface area contributed by atoms with E-state index in [1.54, 1.807) is 6.07 Å². The molecule has 0 radical (unpaired) electrons. The molecule has 0 aliphatic rings. The lowest BCUT2D eigenvalue weighted by Crippen LogP contribution is -2.02. The number of nitrogens with two attached hydrogens (primary N) is 1. The van der Waals surface area contributed by atoms with Crippen molar-refractivity contribution in [2.45, 2.75) is 13.5 Å². The molecule has 3 rings (SSSR count). The van der Waals surface area contributed by atoms with E-state index < -0.39 is 0 Å². The van der Waals surface area contributed by atoms with E-state index in [2.05, 4.69) is 4.98 Å². The highest BCUT2D eigenvalue weighted by Gasteiger charge is 2.09. The molecule has 3 aromatic rings. The molecule has 0 amide bonds. The molecule has 0 unspecified atom stereocenters. The average Bonchev–Trinajstić information content (AvgIpc) is 2.79. The summed E-state index contributed by atoms with van der Waals surface area (Å²) in [6.45, 7) is 2.26. The fourth-order valence-corrected chi connectivity index (χ4v) is 2.34. The van der Waals surface area contributed by atoms with E-state index in [-0.39, 0.29) is 0 Å². The van der Waals surface area contributed by atoms with E-state index in [9.17, 15) is 0 Å². The van der Waals surface area contributed by atoms with Crippen LogP contribution in [0.1, 0.15) is 11.3 Å². The number of anilines is 1. The molecule has 102 valence electrons. The molecule has 4 nitrogen and oxygen atoms in total. The molecule has 1 aromatic carbocycles. The van der Waals surface area contributed by atoms with Crippen LogP contribution in [0.2, 0.25) is 5.02 Å². The Bertz CT molecular complexity index is 747. The summed E-state index contributed by atoms with van der Waals surface area (Å²) in [5.74, 6) is 0.708. The summed E-state index contributed by atoms with van der Waals surface area (Å²) in [6, 6.07) is 9.23. The monoisotopic (exact) mass is 287 g/mol. The minimum atomic E-state index is 0.317. The molecular weight excluding hydrogens is 274 g/mol. The largest absolute Gasteiger partial charge is 0.485 e. The Morgan fingerprint density at radius 1 is 1.30 bits per heavy atom. The summed E-state index contributed by atoms with van der Waals surface area (Å²) in [5.41, 5.74) is 9.07. The standard InChI is InChI=1S/C15H14ClN3O/c1-10-8-19-7-3-6-14(15(19)18-10)20-9-11-12(16)4-2-5-13(11)17/h2-8H,9,17H2,1H3. The molecule has 0 atom stereocenters. The molecule has 0 aliphatic heterocycles. The number of aryl methyl sites for hydroxylation is 1. The number of fused-ring (bicyclic) bond motifs is 1. The summed E-state index contributed by atoms with van der Waals surface area (Å²) in [6.07, 6.45) is 3.89. The Labute approximate surface area is 121 Å². The van der Waals surface area contributed by atoms with E-state index >= 15 is 0 Å². The van der Waals surface area contributed by atoms with Crippen LogP contribution in [0.4, 0.5) is 5.69 Å². The van der Waals surface area contributed by atoms with Gasteiger partial charge in [0.25, 0.3) is 0 Å². The van der Waals surface area contributed by atoms with Crippen LogP contribution in [0.3, 0.4) is 0 Å². The molecule has 0 saturated heterocycles.